The monoisotopic (exact) mass is 297 g/mol. The van der Waals surface area contributed by atoms with Crippen LogP contribution in [0.5, 0.6) is 0 Å². The summed E-state index contributed by atoms with van der Waals surface area (Å²) in [5, 5.41) is 4.09. The number of hydrogen-bond acceptors (Lipinski definition) is 5. The average Bonchev–Trinajstić information content (AvgIpc) is 2.88. The van der Waals surface area contributed by atoms with Crippen LogP contribution < -0.4 is 5.73 Å². The minimum absolute atomic E-state index is 0.0857. The van der Waals surface area contributed by atoms with E-state index in [1.807, 2.05) is 6.92 Å². The summed E-state index contributed by atoms with van der Waals surface area (Å²) < 4.78 is 11.1. The standard InChI is InChI=1S/C16H31N3O2/c1-6-20-15(12(4)5)16-18-14(21-19-16)8-7-13(9-10-17)11(2)3/h11-13,15H,6-10,17H2,1-5H3. The maximum absolute atomic E-state index is 5.70. The Morgan fingerprint density at radius 1 is 1.14 bits per heavy atom. The molecule has 5 nitrogen and oxygen atoms in total. The Morgan fingerprint density at radius 3 is 2.38 bits per heavy atom. The molecule has 0 aromatic carbocycles. The second kappa shape index (κ2) is 9.15. The molecule has 1 aromatic heterocycles. The van der Waals surface area contributed by atoms with Crippen molar-refractivity contribution in [1.29, 1.82) is 0 Å². The maximum Gasteiger partial charge on any atom is 0.226 e. The zero-order valence-electron chi connectivity index (χ0n) is 14.1. The Hall–Kier alpha value is -0.940. The molecule has 0 spiro atoms. The fourth-order valence-electron chi connectivity index (χ4n) is 2.56. The lowest BCUT2D eigenvalue weighted by molar-refractivity contribution is 0.0217. The SMILES string of the molecule is CCOC(c1noc(CCC(CCN)C(C)C)n1)C(C)C. The summed E-state index contributed by atoms with van der Waals surface area (Å²) in [7, 11) is 0. The molecule has 122 valence electrons. The van der Waals surface area contributed by atoms with Crippen LogP contribution in [0.15, 0.2) is 4.52 Å². The number of nitrogens with two attached hydrogens (primary N) is 1. The molecule has 2 atom stereocenters. The second-order valence-electron chi connectivity index (χ2n) is 6.29. The molecule has 5 heteroatoms. The van der Waals surface area contributed by atoms with Gasteiger partial charge in [-0.2, -0.15) is 4.98 Å². The van der Waals surface area contributed by atoms with Gasteiger partial charge in [0, 0.05) is 13.0 Å². The van der Waals surface area contributed by atoms with E-state index in [1.165, 1.54) is 0 Å². The first-order chi connectivity index (χ1) is 9.99. The van der Waals surface area contributed by atoms with Crippen LogP contribution in [0.3, 0.4) is 0 Å². The van der Waals surface area contributed by atoms with Gasteiger partial charge in [0.25, 0.3) is 0 Å². The molecule has 0 saturated heterocycles. The fourth-order valence-corrected chi connectivity index (χ4v) is 2.56. The van der Waals surface area contributed by atoms with Crippen LogP contribution in [0.2, 0.25) is 0 Å². The molecule has 0 aliphatic carbocycles. The van der Waals surface area contributed by atoms with E-state index in [4.69, 9.17) is 15.0 Å². The van der Waals surface area contributed by atoms with Crippen LogP contribution in [0.25, 0.3) is 0 Å². The number of aryl methyl sites for hydroxylation is 1. The molecule has 1 aromatic rings. The predicted octanol–water partition coefficient (Wildman–Crippen LogP) is 3.36. The fraction of sp³-hybridized carbons (Fsp3) is 0.875. The van der Waals surface area contributed by atoms with Crippen molar-refractivity contribution in [3.05, 3.63) is 11.7 Å². The highest BCUT2D eigenvalue weighted by molar-refractivity contribution is 4.93. The van der Waals surface area contributed by atoms with E-state index in [0.717, 1.165) is 25.8 Å². The molecule has 21 heavy (non-hydrogen) atoms. The Morgan fingerprint density at radius 2 is 1.86 bits per heavy atom. The number of ether oxygens (including phenoxy) is 1. The molecule has 0 radical (unpaired) electrons. The molecule has 1 heterocycles. The molecule has 0 aliphatic rings. The highest BCUT2D eigenvalue weighted by Crippen LogP contribution is 2.25. The van der Waals surface area contributed by atoms with Gasteiger partial charge in [0.2, 0.25) is 11.7 Å². The molecule has 0 aliphatic heterocycles. The Kier molecular flexibility index (Phi) is 7.89. The number of nitrogens with zero attached hydrogens (tertiary/aromatic N) is 2. The minimum atomic E-state index is -0.0857. The third kappa shape index (κ3) is 5.75. The summed E-state index contributed by atoms with van der Waals surface area (Å²) in [4.78, 5) is 4.51. The average molecular weight is 297 g/mol. The number of hydrogen-bond donors (Lipinski definition) is 1. The van der Waals surface area contributed by atoms with Crippen LogP contribution >= 0.6 is 0 Å². The molecule has 2 unspecified atom stereocenters. The van der Waals surface area contributed by atoms with Crippen LogP contribution in [-0.4, -0.2) is 23.3 Å². The Bertz CT molecular complexity index is 391. The summed E-state index contributed by atoms with van der Waals surface area (Å²) in [5.41, 5.74) is 5.68. The van der Waals surface area contributed by atoms with Crippen molar-refractivity contribution in [3.63, 3.8) is 0 Å². The molecule has 2 N–H and O–H groups in total. The molecule has 1 rings (SSSR count). The van der Waals surface area contributed by atoms with Gasteiger partial charge in [-0.3, -0.25) is 0 Å². The lowest BCUT2D eigenvalue weighted by atomic mass is 9.88. The quantitative estimate of drug-likeness (QED) is 0.716. The van der Waals surface area contributed by atoms with Crippen LogP contribution in [0.4, 0.5) is 0 Å². The third-order valence-electron chi connectivity index (χ3n) is 3.90. The first-order valence-corrected chi connectivity index (χ1v) is 8.13. The summed E-state index contributed by atoms with van der Waals surface area (Å²) in [6, 6.07) is 0. The lowest BCUT2D eigenvalue weighted by Gasteiger charge is -2.18. The van der Waals surface area contributed by atoms with Gasteiger partial charge in [-0.15, -0.1) is 0 Å². The van der Waals surface area contributed by atoms with Crippen molar-refractivity contribution in [2.75, 3.05) is 13.2 Å². The van der Waals surface area contributed by atoms with E-state index in [9.17, 15) is 0 Å². The first-order valence-electron chi connectivity index (χ1n) is 8.13. The highest BCUT2D eigenvalue weighted by atomic mass is 16.5. The third-order valence-corrected chi connectivity index (χ3v) is 3.90. The summed E-state index contributed by atoms with van der Waals surface area (Å²) >= 11 is 0. The van der Waals surface area contributed by atoms with E-state index in [-0.39, 0.29) is 6.10 Å². The van der Waals surface area contributed by atoms with Gasteiger partial charge in [-0.25, -0.2) is 0 Å². The summed E-state index contributed by atoms with van der Waals surface area (Å²) in [6.45, 7) is 12.1. The van der Waals surface area contributed by atoms with Crippen LogP contribution in [0.1, 0.15) is 65.3 Å². The molecule has 0 saturated carbocycles. The molecular weight excluding hydrogens is 266 g/mol. The van der Waals surface area contributed by atoms with Crippen molar-refractivity contribution in [1.82, 2.24) is 10.1 Å². The Labute approximate surface area is 128 Å². The van der Waals surface area contributed by atoms with Gasteiger partial charge in [-0.1, -0.05) is 32.9 Å². The molecule has 0 fully saturated rings. The van der Waals surface area contributed by atoms with Gasteiger partial charge in [-0.05, 0) is 44.1 Å². The van der Waals surface area contributed by atoms with Crippen molar-refractivity contribution < 1.29 is 9.26 Å². The van der Waals surface area contributed by atoms with Crippen molar-refractivity contribution >= 4 is 0 Å². The maximum atomic E-state index is 5.70. The zero-order chi connectivity index (χ0) is 15.8. The van der Waals surface area contributed by atoms with Gasteiger partial charge in [0.15, 0.2) is 0 Å². The summed E-state index contributed by atoms with van der Waals surface area (Å²) in [5.74, 6) is 2.94. The van der Waals surface area contributed by atoms with Gasteiger partial charge >= 0.3 is 0 Å². The van der Waals surface area contributed by atoms with Crippen molar-refractivity contribution in [3.8, 4) is 0 Å². The van der Waals surface area contributed by atoms with E-state index in [2.05, 4.69) is 37.8 Å². The minimum Gasteiger partial charge on any atom is -0.370 e. The zero-order valence-corrected chi connectivity index (χ0v) is 14.1. The predicted molar refractivity (Wildman–Crippen MR) is 83.8 cm³/mol. The molecule has 0 amide bonds. The number of rotatable bonds is 10. The van der Waals surface area contributed by atoms with Crippen LogP contribution in [0, 0.1) is 17.8 Å². The van der Waals surface area contributed by atoms with E-state index in [1.54, 1.807) is 0 Å². The largest absolute Gasteiger partial charge is 0.370 e. The van der Waals surface area contributed by atoms with E-state index >= 15 is 0 Å². The first kappa shape index (κ1) is 18.1. The summed E-state index contributed by atoms with van der Waals surface area (Å²) in [6.07, 6.45) is 2.81. The van der Waals surface area contributed by atoms with Crippen LogP contribution in [-0.2, 0) is 11.2 Å². The van der Waals surface area contributed by atoms with E-state index < -0.39 is 0 Å². The van der Waals surface area contributed by atoms with Crippen molar-refractivity contribution in [2.45, 2.75) is 60.0 Å². The highest BCUT2D eigenvalue weighted by Gasteiger charge is 2.22. The Balaban J connectivity index is 2.61. The van der Waals surface area contributed by atoms with Crippen molar-refractivity contribution in [2.24, 2.45) is 23.5 Å². The topological polar surface area (TPSA) is 74.2 Å². The lowest BCUT2D eigenvalue weighted by Crippen LogP contribution is -2.15. The van der Waals surface area contributed by atoms with Gasteiger partial charge in [0.05, 0.1) is 0 Å². The van der Waals surface area contributed by atoms with Gasteiger partial charge < -0.3 is 15.0 Å². The number of aromatic nitrogens is 2. The smallest absolute Gasteiger partial charge is 0.226 e. The molecule has 0 bridgehead atoms. The molecular formula is C16H31N3O2. The van der Waals surface area contributed by atoms with Gasteiger partial charge in [0.1, 0.15) is 6.10 Å². The second-order valence-corrected chi connectivity index (χ2v) is 6.29. The van der Waals surface area contributed by atoms with E-state index in [0.29, 0.717) is 36.1 Å². The normalized spacial score (nSPS) is 14.9.